The molecule has 2 aliphatic heterocycles. The summed E-state index contributed by atoms with van der Waals surface area (Å²) in [7, 11) is 1.59. The average Bonchev–Trinajstić information content (AvgIpc) is 3.07. The molecule has 8 nitrogen and oxygen atoms in total. The first kappa shape index (κ1) is 21.1. The number of H-pyrrole nitrogens is 2. The molecule has 168 valence electrons. The number of nitrogens with zero attached hydrogens (tertiary/aromatic N) is 2. The lowest BCUT2D eigenvalue weighted by atomic mass is 9.94. The Labute approximate surface area is 189 Å². The van der Waals surface area contributed by atoms with Gasteiger partial charge in [-0.3, -0.25) is 19.4 Å². The SMILES string of the molecule is COc1ccc2cc([C@@H]3SC(C)=Nc4c3c(=O)[nH]n4[C@H]3CCOC(C)(C)C3)c(=O)[nH]c2c1. The minimum Gasteiger partial charge on any atom is -0.497 e. The largest absolute Gasteiger partial charge is 0.497 e. The lowest BCUT2D eigenvalue weighted by Gasteiger charge is -2.36. The number of aromatic amines is 2. The zero-order valence-electron chi connectivity index (χ0n) is 18.5. The number of aliphatic imine (C=N–C) groups is 1. The summed E-state index contributed by atoms with van der Waals surface area (Å²) in [6, 6.07) is 7.50. The molecule has 2 N–H and O–H groups in total. The predicted octanol–water partition coefficient (Wildman–Crippen LogP) is 4.04. The first-order chi connectivity index (χ1) is 15.3. The molecule has 0 aliphatic carbocycles. The molecule has 1 fully saturated rings. The second kappa shape index (κ2) is 7.67. The van der Waals surface area contributed by atoms with Crippen molar-refractivity contribution in [3.05, 3.63) is 56.1 Å². The molecular weight excluding hydrogens is 428 g/mol. The molecule has 0 unspecified atom stereocenters. The monoisotopic (exact) mass is 454 g/mol. The Hall–Kier alpha value is -2.78. The van der Waals surface area contributed by atoms with Crippen molar-refractivity contribution in [3.63, 3.8) is 0 Å². The van der Waals surface area contributed by atoms with Gasteiger partial charge in [-0.2, -0.15) is 0 Å². The van der Waals surface area contributed by atoms with Crippen LogP contribution in [0.25, 0.3) is 10.9 Å². The first-order valence-corrected chi connectivity index (χ1v) is 11.5. The van der Waals surface area contributed by atoms with Crippen LogP contribution in [0.3, 0.4) is 0 Å². The van der Waals surface area contributed by atoms with E-state index < -0.39 is 5.25 Å². The smallest absolute Gasteiger partial charge is 0.271 e. The number of hydrogen-bond donors (Lipinski definition) is 2. The fourth-order valence-corrected chi connectivity index (χ4v) is 5.74. The predicted molar refractivity (Wildman–Crippen MR) is 127 cm³/mol. The van der Waals surface area contributed by atoms with Gasteiger partial charge in [-0.15, -0.1) is 0 Å². The van der Waals surface area contributed by atoms with Crippen LogP contribution in [0.15, 0.2) is 38.8 Å². The Bertz CT molecular complexity index is 1350. The summed E-state index contributed by atoms with van der Waals surface area (Å²) in [4.78, 5) is 33.9. The van der Waals surface area contributed by atoms with E-state index in [0.717, 1.165) is 23.3 Å². The van der Waals surface area contributed by atoms with Crippen LogP contribution >= 0.6 is 11.8 Å². The van der Waals surface area contributed by atoms with Crippen molar-refractivity contribution in [3.8, 4) is 5.75 Å². The van der Waals surface area contributed by atoms with Gasteiger partial charge in [0.05, 0.1) is 40.1 Å². The third-order valence-electron chi connectivity index (χ3n) is 6.15. The molecule has 0 bridgehead atoms. The maximum atomic E-state index is 13.1. The topological polar surface area (TPSA) is 101 Å². The third kappa shape index (κ3) is 3.59. The van der Waals surface area contributed by atoms with Gasteiger partial charge in [0.15, 0.2) is 5.82 Å². The Morgan fingerprint density at radius 1 is 1.25 bits per heavy atom. The Morgan fingerprint density at radius 3 is 2.81 bits per heavy atom. The van der Waals surface area contributed by atoms with Gasteiger partial charge in [-0.1, -0.05) is 11.8 Å². The van der Waals surface area contributed by atoms with Crippen molar-refractivity contribution in [2.45, 2.75) is 50.5 Å². The zero-order valence-corrected chi connectivity index (χ0v) is 19.3. The van der Waals surface area contributed by atoms with E-state index in [9.17, 15) is 9.59 Å². The average molecular weight is 455 g/mol. The molecule has 0 radical (unpaired) electrons. The van der Waals surface area contributed by atoms with Crippen molar-refractivity contribution >= 4 is 33.5 Å². The molecule has 2 aromatic heterocycles. The van der Waals surface area contributed by atoms with Crippen LogP contribution in [-0.2, 0) is 4.74 Å². The summed E-state index contributed by atoms with van der Waals surface area (Å²) in [6.07, 6.45) is 1.57. The first-order valence-electron chi connectivity index (χ1n) is 10.7. The van der Waals surface area contributed by atoms with Gasteiger partial charge in [0.2, 0.25) is 0 Å². The van der Waals surface area contributed by atoms with Gasteiger partial charge in [0.1, 0.15) is 5.75 Å². The Kier molecular flexibility index (Phi) is 5.05. The molecule has 9 heteroatoms. The van der Waals surface area contributed by atoms with Crippen LogP contribution in [-0.4, -0.2) is 39.1 Å². The highest BCUT2D eigenvalue weighted by atomic mass is 32.2. The number of nitrogens with one attached hydrogen (secondary N) is 2. The van der Waals surface area contributed by atoms with E-state index in [2.05, 4.69) is 23.9 Å². The maximum absolute atomic E-state index is 13.1. The van der Waals surface area contributed by atoms with E-state index in [1.54, 1.807) is 13.2 Å². The van der Waals surface area contributed by atoms with Crippen molar-refractivity contribution in [2.24, 2.45) is 4.99 Å². The molecule has 0 amide bonds. The number of methoxy groups -OCH3 is 1. The van der Waals surface area contributed by atoms with Crippen LogP contribution in [0.2, 0.25) is 0 Å². The lowest BCUT2D eigenvalue weighted by Crippen LogP contribution is -2.35. The molecule has 5 rings (SSSR count). The van der Waals surface area contributed by atoms with E-state index in [-0.39, 0.29) is 22.8 Å². The Balaban J connectivity index is 1.63. The minimum absolute atomic E-state index is 0.0813. The quantitative estimate of drug-likeness (QED) is 0.622. The van der Waals surface area contributed by atoms with Crippen LogP contribution in [0, 0.1) is 0 Å². The summed E-state index contributed by atoms with van der Waals surface area (Å²) in [5, 5.41) is 4.27. The van der Waals surface area contributed by atoms with Gasteiger partial charge in [-0.05, 0) is 57.2 Å². The molecule has 32 heavy (non-hydrogen) atoms. The van der Waals surface area contributed by atoms with E-state index in [1.165, 1.54) is 11.8 Å². The highest BCUT2D eigenvalue weighted by Gasteiger charge is 2.36. The molecular formula is C23H26N4O4S. The number of rotatable bonds is 3. The van der Waals surface area contributed by atoms with Crippen LogP contribution in [0.1, 0.15) is 56.0 Å². The number of ether oxygens (including phenoxy) is 2. The zero-order chi connectivity index (χ0) is 22.6. The highest BCUT2D eigenvalue weighted by Crippen LogP contribution is 2.45. The molecule has 2 aliphatic rings. The van der Waals surface area contributed by atoms with Gasteiger partial charge in [0.25, 0.3) is 11.1 Å². The maximum Gasteiger partial charge on any atom is 0.271 e. The van der Waals surface area contributed by atoms with Crippen LogP contribution in [0.4, 0.5) is 5.82 Å². The fraction of sp³-hybridized carbons (Fsp3) is 0.435. The molecule has 1 saturated heterocycles. The second-order valence-electron chi connectivity index (χ2n) is 8.94. The van der Waals surface area contributed by atoms with Gasteiger partial charge >= 0.3 is 0 Å². The summed E-state index contributed by atoms with van der Waals surface area (Å²) >= 11 is 1.43. The van der Waals surface area contributed by atoms with E-state index in [4.69, 9.17) is 14.5 Å². The normalized spacial score (nSPS) is 22.4. The minimum atomic E-state index is -0.435. The van der Waals surface area contributed by atoms with Gasteiger partial charge < -0.3 is 14.5 Å². The van der Waals surface area contributed by atoms with Gasteiger partial charge in [-0.25, -0.2) is 4.99 Å². The highest BCUT2D eigenvalue weighted by molar-refractivity contribution is 8.14. The number of thioether (sulfide) groups is 1. The third-order valence-corrected chi connectivity index (χ3v) is 7.31. The van der Waals surface area contributed by atoms with E-state index >= 15 is 0 Å². The molecule has 1 aromatic carbocycles. The number of benzene rings is 1. The summed E-state index contributed by atoms with van der Waals surface area (Å²) in [5.41, 5.74) is 1.08. The summed E-state index contributed by atoms with van der Waals surface area (Å²) < 4.78 is 13.0. The summed E-state index contributed by atoms with van der Waals surface area (Å²) in [5.74, 6) is 1.29. The Morgan fingerprint density at radius 2 is 2.06 bits per heavy atom. The molecule has 4 heterocycles. The number of fused-ring (bicyclic) bond motifs is 2. The summed E-state index contributed by atoms with van der Waals surface area (Å²) in [6.45, 7) is 6.66. The molecule has 0 saturated carbocycles. The van der Waals surface area contributed by atoms with E-state index in [0.29, 0.717) is 34.8 Å². The second-order valence-corrected chi connectivity index (χ2v) is 10.2. The van der Waals surface area contributed by atoms with Crippen LogP contribution in [0.5, 0.6) is 5.75 Å². The number of hydrogen-bond acceptors (Lipinski definition) is 6. The van der Waals surface area contributed by atoms with E-state index in [1.807, 2.05) is 29.8 Å². The lowest BCUT2D eigenvalue weighted by molar-refractivity contribution is -0.0705. The fourth-order valence-electron chi connectivity index (χ4n) is 4.63. The standard InChI is InChI=1S/C23H26N4O4S/c1-12-24-20-18(22(29)26-27(20)14-7-8-31-23(2,3)11-14)19(32-12)16-9-13-5-6-15(30-4)10-17(13)25-21(16)28/h5-6,9-10,14,19H,7-8,11H2,1-4H3,(H,25,28)(H,26,29)/t14-,19-/m0/s1. The van der Waals surface area contributed by atoms with Crippen molar-refractivity contribution in [2.75, 3.05) is 13.7 Å². The van der Waals surface area contributed by atoms with Crippen LogP contribution < -0.4 is 15.9 Å². The molecule has 3 aromatic rings. The van der Waals surface area contributed by atoms with Crippen molar-refractivity contribution in [1.82, 2.24) is 14.8 Å². The van der Waals surface area contributed by atoms with Gasteiger partial charge in [0, 0.05) is 18.2 Å². The number of aromatic nitrogens is 3. The molecule has 2 atom stereocenters. The number of pyridine rings is 1. The van der Waals surface area contributed by atoms with Crippen molar-refractivity contribution < 1.29 is 9.47 Å². The molecule has 0 spiro atoms. The van der Waals surface area contributed by atoms with Crippen molar-refractivity contribution in [1.29, 1.82) is 0 Å².